The second-order valence-corrected chi connectivity index (χ2v) is 7.78. The van der Waals surface area contributed by atoms with Crippen LogP contribution < -0.4 is 5.73 Å². The van der Waals surface area contributed by atoms with Gasteiger partial charge in [-0.2, -0.15) is 0 Å². The summed E-state index contributed by atoms with van der Waals surface area (Å²) in [5.74, 6) is 1.40. The highest BCUT2D eigenvalue weighted by molar-refractivity contribution is 5.85. The van der Waals surface area contributed by atoms with Gasteiger partial charge in [-0.15, -0.1) is 12.4 Å². The molecule has 1 fully saturated rings. The molecule has 2 aliphatic heterocycles. The van der Waals surface area contributed by atoms with Gasteiger partial charge in [0.1, 0.15) is 11.4 Å². The lowest BCUT2D eigenvalue weighted by atomic mass is 9.96. The van der Waals surface area contributed by atoms with Crippen molar-refractivity contribution in [2.24, 2.45) is 5.73 Å². The maximum absolute atomic E-state index is 12.3. The van der Waals surface area contributed by atoms with Crippen molar-refractivity contribution in [1.82, 2.24) is 14.5 Å². The van der Waals surface area contributed by atoms with E-state index in [-0.39, 0.29) is 24.5 Å². The van der Waals surface area contributed by atoms with Gasteiger partial charge in [0, 0.05) is 49.9 Å². The van der Waals surface area contributed by atoms with Gasteiger partial charge in [-0.1, -0.05) is 0 Å². The number of ether oxygens (including phenoxy) is 1. The smallest absolute Gasteiger partial charge is 0.410 e. The molecule has 0 radical (unpaired) electrons. The van der Waals surface area contributed by atoms with Gasteiger partial charge in [0.05, 0.1) is 0 Å². The van der Waals surface area contributed by atoms with Crippen LogP contribution in [0, 0.1) is 0 Å². The van der Waals surface area contributed by atoms with Crippen molar-refractivity contribution < 1.29 is 9.53 Å². The summed E-state index contributed by atoms with van der Waals surface area (Å²) in [5, 5.41) is 0. The molecule has 1 aromatic rings. The Balaban J connectivity index is 0.00000208. The second-order valence-electron chi connectivity index (χ2n) is 7.78. The maximum atomic E-state index is 12.3. The summed E-state index contributed by atoms with van der Waals surface area (Å²) >= 11 is 0. The Morgan fingerprint density at radius 2 is 2.08 bits per heavy atom. The molecule has 1 saturated heterocycles. The topological polar surface area (TPSA) is 73.4 Å². The Hall–Kier alpha value is -1.27. The standard InChI is InChI=1S/C17H28N4O2.ClH/c1-17(2,3)23-16(22)20-7-4-5-12(11-20)15-19-10-14-9-13(18)6-8-21(14)15;/h10,12-13H,4-9,11,18H2,1-3H3;1H. The summed E-state index contributed by atoms with van der Waals surface area (Å²) in [4.78, 5) is 18.8. The number of rotatable bonds is 1. The minimum atomic E-state index is -0.452. The number of fused-ring (bicyclic) bond motifs is 1. The maximum Gasteiger partial charge on any atom is 0.410 e. The van der Waals surface area contributed by atoms with Crippen molar-refractivity contribution >= 4 is 18.5 Å². The first kappa shape index (κ1) is 19.1. The normalized spacial score (nSPS) is 24.1. The second kappa shape index (κ2) is 7.31. The predicted octanol–water partition coefficient (Wildman–Crippen LogP) is 2.69. The van der Waals surface area contributed by atoms with Gasteiger partial charge in [-0.25, -0.2) is 9.78 Å². The van der Waals surface area contributed by atoms with E-state index in [0.717, 1.165) is 44.6 Å². The van der Waals surface area contributed by atoms with Crippen LogP contribution >= 0.6 is 12.4 Å². The quantitative estimate of drug-likeness (QED) is 0.839. The zero-order chi connectivity index (χ0) is 16.6. The lowest BCUT2D eigenvalue weighted by Gasteiger charge is -2.34. The van der Waals surface area contributed by atoms with Crippen molar-refractivity contribution in [3.8, 4) is 0 Å². The molecule has 0 saturated carbocycles. The van der Waals surface area contributed by atoms with Crippen LogP contribution in [0.4, 0.5) is 4.79 Å². The molecule has 3 rings (SSSR count). The Bertz CT molecular complexity index is 582. The third-order valence-electron chi connectivity index (χ3n) is 4.60. The van der Waals surface area contributed by atoms with E-state index in [0.29, 0.717) is 12.5 Å². The van der Waals surface area contributed by atoms with Gasteiger partial charge in [0.15, 0.2) is 0 Å². The minimum absolute atomic E-state index is 0. The average molecular weight is 357 g/mol. The number of hydrogen-bond acceptors (Lipinski definition) is 4. The van der Waals surface area contributed by atoms with Gasteiger partial charge in [0.2, 0.25) is 0 Å². The van der Waals surface area contributed by atoms with Crippen LogP contribution in [0.25, 0.3) is 0 Å². The molecule has 0 aliphatic carbocycles. The number of carbonyl (C=O) groups excluding carboxylic acids is 1. The molecule has 3 heterocycles. The average Bonchev–Trinajstić information content (AvgIpc) is 2.88. The van der Waals surface area contributed by atoms with E-state index in [1.807, 2.05) is 31.9 Å². The van der Waals surface area contributed by atoms with Crippen LogP contribution in [0.3, 0.4) is 0 Å². The number of imidazole rings is 1. The van der Waals surface area contributed by atoms with E-state index in [1.165, 1.54) is 5.69 Å². The van der Waals surface area contributed by atoms with Gasteiger partial charge >= 0.3 is 6.09 Å². The molecule has 136 valence electrons. The number of hydrogen-bond donors (Lipinski definition) is 1. The summed E-state index contributed by atoms with van der Waals surface area (Å²) in [6.45, 7) is 8.11. The summed E-state index contributed by atoms with van der Waals surface area (Å²) in [6.07, 6.45) is 5.71. The van der Waals surface area contributed by atoms with Crippen molar-refractivity contribution in [3.63, 3.8) is 0 Å². The first-order valence-corrected chi connectivity index (χ1v) is 8.61. The van der Waals surface area contributed by atoms with Crippen molar-refractivity contribution in [2.75, 3.05) is 13.1 Å². The predicted molar refractivity (Wildman–Crippen MR) is 95.6 cm³/mol. The van der Waals surface area contributed by atoms with Gasteiger partial charge in [0.25, 0.3) is 0 Å². The van der Waals surface area contributed by atoms with E-state index in [4.69, 9.17) is 10.5 Å². The van der Waals surface area contributed by atoms with Crippen molar-refractivity contribution in [2.45, 2.75) is 70.6 Å². The first-order valence-electron chi connectivity index (χ1n) is 8.61. The molecule has 2 unspecified atom stereocenters. The van der Waals surface area contributed by atoms with Gasteiger partial charge < -0.3 is 19.9 Å². The molecule has 0 spiro atoms. The summed E-state index contributed by atoms with van der Waals surface area (Å²) in [6, 6.07) is 0.247. The summed E-state index contributed by atoms with van der Waals surface area (Å²) < 4.78 is 7.82. The number of halogens is 1. The fourth-order valence-electron chi connectivity index (χ4n) is 3.52. The molecular formula is C17H29ClN4O2. The van der Waals surface area contributed by atoms with Crippen molar-refractivity contribution in [1.29, 1.82) is 0 Å². The van der Waals surface area contributed by atoms with Crippen LogP contribution in [0.2, 0.25) is 0 Å². The Labute approximate surface area is 150 Å². The van der Waals surface area contributed by atoms with Gasteiger partial charge in [-0.05, 0) is 40.0 Å². The zero-order valence-electron chi connectivity index (χ0n) is 14.8. The number of likely N-dealkylation sites (tertiary alicyclic amines) is 1. The number of amides is 1. The lowest BCUT2D eigenvalue weighted by molar-refractivity contribution is 0.0194. The van der Waals surface area contributed by atoms with E-state index >= 15 is 0 Å². The van der Waals surface area contributed by atoms with Crippen LogP contribution in [0.5, 0.6) is 0 Å². The molecule has 0 aromatic carbocycles. The third-order valence-corrected chi connectivity index (χ3v) is 4.60. The fraction of sp³-hybridized carbons (Fsp3) is 0.765. The van der Waals surface area contributed by atoms with E-state index in [1.54, 1.807) is 0 Å². The molecule has 1 amide bonds. The number of carbonyl (C=O) groups is 1. The largest absolute Gasteiger partial charge is 0.444 e. The third kappa shape index (κ3) is 4.22. The molecule has 1 aromatic heterocycles. The van der Waals surface area contributed by atoms with Crippen LogP contribution in [-0.4, -0.2) is 45.3 Å². The number of aromatic nitrogens is 2. The molecule has 2 N–H and O–H groups in total. The van der Waals surface area contributed by atoms with E-state index in [9.17, 15) is 4.79 Å². The highest BCUT2D eigenvalue weighted by Gasteiger charge is 2.31. The number of nitrogens with two attached hydrogens (primary N) is 1. The summed E-state index contributed by atoms with van der Waals surface area (Å²) in [7, 11) is 0. The highest BCUT2D eigenvalue weighted by atomic mass is 35.5. The fourth-order valence-corrected chi connectivity index (χ4v) is 3.52. The Morgan fingerprint density at radius 1 is 1.33 bits per heavy atom. The SMILES string of the molecule is CC(C)(C)OC(=O)N1CCCC(c2ncc3n2CCC(N)C3)C1.Cl. The first-order chi connectivity index (χ1) is 10.8. The molecular weight excluding hydrogens is 328 g/mol. The molecule has 24 heavy (non-hydrogen) atoms. The van der Waals surface area contributed by atoms with Crippen LogP contribution in [0.1, 0.15) is 57.5 Å². The molecule has 7 heteroatoms. The molecule has 6 nitrogen and oxygen atoms in total. The Morgan fingerprint density at radius 3 is 2.79 bits per heavy atom. The monoisotopic (exact) mass is 356 g/mol. The highest BCUT2D eigenvalue weighted by Crippen LogP contribution is 2.29. The van der Waals surface area contributed by atoms with Gasteiger partial charge in [-0.3, -0.25) is 0 Å². The van der Waals surface area contributed by atoms with E-state index < -0.39 is 5.60 Å². The zero-order valence-corrected chi connectivity index (χ0v) is 15.6. The molecule has 2 atom stereocenters. The van der Waals surface area contributed by atoms with E-state index in [2.05, 4.69) is 9.55 Å². The molecule has 2 aliphatic rings. The Kier molecular flexibility index (Phi) is 5.81. The van der Waals surface area contributed by atoms with Crippen molar-refractivity contribution in [3.05, 3.63) is 17.7 Å². The number of piperidine rings is 1. The lowest BCUT2D eigenvalue weighted by Crippen LogP contribution is -2.43. The minimum Gasteiger partial charge on any atom is -0.444 e. The summed E-state index contributed by atoms with van der Waals surface area (Å²) in [5.41, 5.74) is 6.83. The number of nitrogens with zero attached hydrogens (tertiary/aromatic N) is 3. The van der Waals surface area contributed by atoms with Crippen LogP contribution in [-0.2, 0) is 17.7 Å². The molecule has 0 bridgehead atoms. The van der Waals surface area contributed by atoms with Crippen LogP contribution in [0.15, 0.2) is 6.20 Å².